The number of rotatable bonds is 2. The van der Waals surface area contributed by atoms with E-state index >= 15 is 0 Å². The number of hydrogen-bond acceptors (Lipinski definition) is 4. The number of benzene rings is 1. The normalized spacial score (nSPS) is 21.7. The van der Waals surface area contributed by atoms with Gasteiger partial charge in [0, 0.05) is 5.57 Å². The Morgan fingerprint density at radius 1 is 1.22 bits per heavy atom. The first kappa shape index (κ1) is 15.8. The number of nitrogens with one attached hydrogen (secondary N) is 3. The first-order valence-corrected chi connectivity index (χ1v) is 7.28. The summed E-state index contributed by atoms with van der Waals surface area (Å²) in [5.41, 5.74) is 3.87. The summed E-state index contributed by atoms with van der Waals surface area (Å²) in [6.07, 6.45) is -4.79. The lowest BCUT2D eigenvalue weighted by Crippen LogP contribution is -2.56. The van der Waals surface area contributed by atoms with Crippen LogP contribution in [0.5, 0.6) is 0 Å². The third-order valence-corrected chi connectivity index (χ3v) is 3.88. The van der Waals surface area contributed by atoms with Gasteiger partial charge in [-0.3, -0.25) is 10.1 Å². The van der Waals surface area contributed by atoms with E-state index < -0.39 is 18.0 Å². The molecular weight excluding hydrogens is 309 g/mol. The van der Waals surface area contributed by atoms with E-state index in [4.69, 9.17) is 0 Å². The van der Waals surface area contributed by atoms with Crippen LogP contribution in [0.15, 0.2) is 29.8 Å². The van der Waals surface area contributed by atoms with Crippen molar-refractivity contribution in [2.75, 3.05) is 6.67 Å². The standard InChI is InChI=1S/C15H17F3N4O/c1-8(2)11-12(21-14-19-7-20-22(14)13(11)23)9-3-5-10(6-4-9)15(16,17)18/h3-6,8,14,19-21H,7H2,1-2H3. The summed E-state index contributed by atoms with van der Waals surface area (Å²) in [6.45, 7) is 4.20. The molecule has 8 heteroatoms. The van der Waals surface area contributed by atoms with E-state index in [1.165, 1.54) is 17.1 Å². The van der Waals surface area contributed by atoms with E-state index in [1.54, 1.807) is 0 Å². The van der Waals surface area contributed by atoms with Crippen LogP contribution in [0.1, 0.15) is 25.0 Å². The number of fused-ring (bicyclic) bond motifs is 1. The Morgan fingerprint density at radius 3 is 2.43 bits per heavy atom. The summed E-state index contributed by atoms with van der Waals surface area (Å²) in [6, 6.07) is 4.83. The quantitative estimate of drug-likeness (QED) is 0.776. The minimum atomic E-state index is -4.38. The maximum Gasteiger partial charge on any atom is 0.416 e. The van der Waals surface area contributed by atoms with Crippen molar-refractivity contribution < 1.29 is 18.0 Å². The Balaban J connectivity index is 2.02. The molecular formula is C15H17F3N4O. The van der Waals surface area contributed by atoms with Gasteiger partial charge in [0.25, 0.3) is 5.91 Å². The van der Waals surface area contributed by atoms with Gasteiger partial charge in [-0.15, -0.1) is 0 Å². The van der Waals surface area contributed by atoms with Crippen LogP contribution >= 0.6 is 0 Å². The molecule has 0 radical (unpaired) electrons. The minimum Gasteiger partial charge on any atom is -0.351 e. The van der Waals surface area contributed by atoms with Crippen molar-refractivity contribution >= 4 is 11.6 Å². The van der Waals surface area contributed by atoms with Gasteiger partial charge < -0.3 is 5.32 Å². The van der Waals surface area contributed by atoms with Gasteiger partial charge in [0.2, 0.25) is 0 Å². The lowest BCUT2D eigenvalue weighted by molar-refractivity contribution is -0.137. The lowest BCUT2D eigenvalue weighted by Gasteiger charge is -2.34. The van der Waals surface area contributed by atoms with E-state index in [0.29, 0.717) is 23.5 Å². The molecule has 0 aromatic heterocycles. The fourth-order valence-electron chi connectivity index (χ4n) is 2.77. The number of alkyl halides is 3. The topological polar surface area (TPSA) is 56.4 Å². The number of carbonyl (C=O) groups is 1. The second kappa shape index (κ2) is 5.54. The summed E-state index contributed by atoms with van der Waals surface area (Å²) in [5.74, 6) is -0.251. The van der Waals surface area contributed by atoms with Gasteiger partial charge in [0.15, 0.2) is 6.29 Å². The molecule has 2 heterocycles. The number of amides is 1. The summed E-state index contributed by atoms with van der Waals surface area (Å²) >= 11 is 0. The Morgan fingerprint density at radius 2 is 1.87 bits per heavy atom. The molecule has 124 valence electrons. The zero-order chi connectivity index (χ0) is 16.8. The van der Waals surface area contributed by atoms with Gasteiger partial charge in [-0.2, -0.15) is 13.2 Å². The largest absolute Gasteiger partial charge is 0.416 e. The lowest BCUT2D eigenvalue weighted by atomic mass is 9.94. The van der Waals surface area contributed by atoms with Crippen LogP contribution in [0.3, 0.4) is 0 Å². The zero-order valence-corrected chi connectivity index (χ0v) is 12.7. The van der Waals surface area contributed by atoms with Crippen molar-refractivity contribution in [1.29, 1.82) is 0 Å². The molecule has 1 atom stereocenters. The van der Waals surface area contributed by atoms with Crippen LogP contribution in [-0.4, -0.2) is 23.9 Å². The van der Waals surface area contributed by atoms with E-state index in [1.807, 2.05) is 13.8 Å². The maximum absolute atomic E-state index is 12.7. The summed E-state index contributed by atoms with van der Waals surface area (Å²) in [5, 5.41) is 7.70. The van der Waals surface area contributed by atoms with Crippen LogP contribution in [0, 0.1) is 5.92 Å². The van der Waals surface area contributed by atoms with E-state index in [2.05, 4.69) is 16.1 Å². The van der Waals surface area contributed by atoms with Gasteiger partial charge in [-0.25, -0.2) is 10.4 Å². The van der Waals surface area contributed by atoms with Crippen molar-refractivity contribution in [2.45, 2.75) is 26.3 Å². The first-order chi connectivity index (χ1) is 10.8. The number of halogens is 3. The molecule has 0 bridgehead atoms. The zero-order valence-electron chi connectivity index (χ0n) is 12.7. The minimum absolute atomic E-state index is 0.0735. The predicted molar refractivity (Wildman–Crippen MR) is 78.1 cm³/mol. The van der Waals surface area contributed by atoms with Crippen molar-refractivity contribution in [1.82, 2.24) is 21.1 Å². The highest BCUT2D eigenvalue weighted by molar-refractivity contribution is 6.02. The summed E-state index contributed by atoms with van der Waals surface area (Å²) in [4.78, 5) is 12.6. The van der Waals surface area contributed by atoms with Crippen molar-refractivity contribution in [2.24, 2.45) is 5.92 Å². The van der Waals surface area contributed by atoms with Gasteiger partial charge in [0.1, 0.15) is 0 Å². The smallest absolute Gasteiger partial charge is 0.351 e. The van der Waals surface area contributed by atoms with E-state index in [9.17, 15) is 18.0 Å². The highest BCUT2D eigenvalue weighted by Gasteiger charge is 2.38. The number of carbonyl (C=O) groups excluding carboxylic acids is 1. The van der Waals surface area contributed by atoms with Gasteiger partial charge in [0.05, 0.1) is 17.9 Å². The Labute approximate surface area is 131 Å². The molecule has 0 saturated carbocycles. The molecule has 5 nitrogen and oxygen atoms in total. The van der Waals surface area contributed by atoms with Crippen LogP contribution < -0.4 is 16.1 Å². The fraction of sp³-hybridized carbons (Fsp3) is 0.400. The molecule has 23 heavy (non-hydrogen) atoms. The third kappa shape index (κ3) is 2.79. The fourth-order valence-corrected chi connectivity index (χ4v) is 2.77. The molecule has 1 amide bonds. The number of nitrogens with zero attached hydrogens (tertiary/aromatic N) is 1. The molecule has 2 aliphatic rings. The highest BCUT2D eigenvalue weighted by atomic mass is 19.4. The molecule has 1 saturated heterocycles. The molecule has 3 N–H and O–H groups in total. The maximum atomic E-state index is 12.7. The van der Waals surface area contributed by atoms with E-state index in [-0.39, 0.29) is 11.8 Å². The predicted octanol–water partition coefficient (Wildman–Crippen LogP) is 1.85. The SMILES string of the molecule is CC(C)C1=C(c2ccc(C(F)(F)F)cc2)NC2NCNN2C1=O. The Hall–Kier alpha value is -2.06. The van der Waals surface area contributed by atoms with Crippen LogP contribution in [-0.2, 0) is 11.0 Å². The number of hydrazine groups is 1. The molecule has 0 aliphatic carbocycles. The van der Waals surface area contributed by atoms with Gasteiger partial charge in [-0.05, 0) is 23.6 Å². The van der Waals surface area contributed by atoms with Crippen molar-refractivity contribution in [3.05, 3.63) is 41.0 Å². The molecule has 1 aromatic rings. The average molecular weight is 326 g/mol. The third-order valence-electron chi connectivity index (χ3n) is 3.88. The second-order valence-corrected chi connectivity index (χ2v) is 5.78. The monoisotopic (exact) mass is 326 g/mol. The number of hydrogen-bond donors (Lipinski definition) is 3. The molecule has 1 unspecified atom stereocenters. The summed E-state index contributed by atoms with van der Waals surface area (Å²) < 4.78 is 38.1. The Bertz CT molecular complexity index is 652. The average Bonchev–Trinajstić information content (AvgIpc) is 2.94. The van der Waals surface area contributed by atoms with Crippen LogP contribution in [0.2, 0.25) is 0 Å². The summed E-state index contributed by atoms with van der Waals surface area (Å²) in [7, 11) is 0. The van der Waals surface area contributed by atoms with E-state index in [0.717, 1.165) is 12.1 Å². The molecule has 1 aromatic carbocycles. The first-order valence-electron chi connectivity index (χ1n) is 7.28. The van der Waals surface area contributed by atoms with Gasteiger partial charge in [-0.1, -0.05) is 26.0 Å². The van der Waals surface area contributed by atoms with Crippen molar-refractivity contribution in [3.63, 3.8) is 0 Å². The van der Waals surface area contributed by atoms with Crippen LogP contribution in [0.25, 0.3) is 5.70 Å². The second-order valence-electron chi connectivity index (χ2n) is 5.78. The van der Waals surface area contributed by atoms with Gasteiger partial charge >= 0.3 is 6.18 Å². The molecule has 0 spiro atoms. The molecule has 3 rings (SSSR count). The van der Waals surface area contributed by atoms with Crippen LogP contribution in [0.4, 0.5) is 13.2 Å². The molecule has 2 aliphatic heterocycles. The van der Waals surface area contributed by atoms with Crippen molar-refractivity contribution in [3.8, 4) is 0 Å². The highest BCUT2D eigenvalue weighted by Crippen LogP contribution is 2.32. The molecule has 1 fully saturated rings. The Kier molecular flexibility index (Phi) is 3.81.